The van der Waals surface area contributed by atoms with Crippen molar-refractivity contribution in [1.82, 2.24) is 20.4 Å². The van der Waals surface area contributed by atoms with E-state index in [0.29, 0.717) is 23.2 Å². The van der Waals surface area contributed by atoms with E-state index in [1.165, 1.54) is 12.8 Å². The molecule has 3 atom stereocenters. The van der Waals surface area contributed by atoms with Gasteiger partial charge in [0.2, 0.25) is 11.8 Å². The van der Waals surface area contributed by atoms with E-state index in [4.69, 9.17) is 0 Å². The van der Waals surface area contributed by atoms with Crippen molar-refractivity contribution in [2.24, 2.45) is 0 Å². The van der Waals surface area contributed by atoms with Crippen LogP contribution in [0.4, 0.5) is 0 Å². The minimum Gasteiger partial charge on any atom is -0.311 e. The van der Waals surface area contributed by atoms with Gasteiger partial charge in [-0.05, 0) is 37.0 Å². The van der Waals surface area contributed by atoms with Gasteiger partial charge in [0.25, 0.3) is 11.8 Å². The Labute approximate surface area is 162 Å². The summed E-state index contributed by atoms with van der Waals surface area (Å²) in [5, 5.41) is 5.75. The van der Waals surface area contributed by atoms with Gasteiger partial charge in [-0.15, -0.1) is 0 Å². The third kappa shape index (κ3) is 2.67. The number of carbonyl (C=O) groups is 4. The molecule has 0 radical (unpaired) electrons. The molecule has 3 heterocycles. The largest absolute Gasteiger partial charge is 0.311 e. The van der Waals surface area contributed by atoms with Crippen molar-refractivity contribution in [2.75, 3.05) is 13.1 Å². The Balaban J connectivity index is 1.37. The third-order valence-electron chi connectivity index (χ3n) is 6.40. The Bertz CT molecular complexity index is 898. The number of carbonyl (C=O) groups excluding carboxylic acids is 4. The van der Waals surface area contributed by atoms with Gasteiger partial charge in [-0.3, -0.25) is 34.3 Å². The van der Waals surface area contributed by atoms with Gasteiger partial charge < -0.3 is 5.32 Å². The molecule has 3 aliphatic heterocycles. The lowest BCUT2D eigenvalue weighted by Gasteiger charge is -2.49. The highest BCUT2D eigenvalue weighted by Gasteiger charge is 2.45. The Morgan fingerprint density at radius 1 is 1.00 bits per heavy atom. The van der Waals surface area contributed by atoms with Crippen molar-refractivity contribution in [3.05, 3.63) is 34.9 Å². The molecule has 2 N–H and O–H groups in total. The predicted octanol–water partition coefficient (Wildman–Crippen LogP) is 0.0240. The van der Waals surface area contributed by atoms with Crippen molar-refractivity contribution >= 4 is 23.6 Å². The van der Waals surface area contributed by atoms with Gasteiger partial charge in [0.15, 0.2) is 0 Å². The first-order valence-electron chi connectivity index (χ1n) is 9.85. The summed E-state index contributed by atoms with van der Waals surface area (Å²) in [6.45, 7) is 2.68. The van der Waals surface area contributed by atoms with Gasteiger partial charge in [-0.2, -0.15) is 0 Å². The molecule has 1 unspecified atom stereocenters. The number of amides is 4. The molecule has 1 aliphatic carbocycles. The van der Waals surface area contributed by atoms with Gasteiger partial charge >= 0.3 is 0 Å². The number of benzene rings is 1. The average molecular weight is 382 g/mol. The van der Waals surface area contributed by atoms with E-state index in [1.54, 1.807) is 12.1 Å². The van der Waals surface area contributed by atoms with Gasteiger partial charge in [-0.25, -0.2) is 0 Å². The molecule has 4 aliphatic rings. The molecule has 2 saturated heterocycles. The van der Waals surface area contributed by atoms with E-state index in [0.717, 1.165) is 30.1 Å². The topological polar surface area (TPSA) is 98.8 Å². The molecular weight excluding hydrogens is 360 g/mol. The van der Waals surface area contributed by atoms with E-state index >= 15 is 0 Å². The Morgan fingerprint density at radius 3 is 2.57 bits per heavy atom. The molecular formula is C20H22N4O4. The fourth-order valence-electron chi connectivity index (χ4n) is 4.76. The van der Waals surface area contributed by atoms with Crippen LogP contribution in [-0.2, 0) is 16.1 Å². The fraction of sp³-hybridized carbons (Fsp3) is 0.500. The van der Waals surface area contributed by atoms with Crippen molar-refractivity contribution in [2.45, 2.75) is 50.4 Å². The van der Waals surface area contributed by atoms with Crippen LogP contribution in [0.2, 0.25) is 0 Å². The normalized spacial score (nSPS) is 30.0. The van der Waals surface area contributed by atoms with Crippen molar-refractivity contribution < 1.29 is 19.2 Å². The van der Waals surface area contributed by atoms with E-state index in [-0.39, 0.29) is 18.7 Å². The van der Waals surface area contributed by atoms with Gasteiger partial charge in [0, 0.05) is 38.1 Å². The van der Waals surface area contributed by atoms with Crippen LogP contribution in [0.15, 0.2) is 18.2 Å². The molecule has 8 heteroatoms. The lowest BCUT2D eigenvalue weighted by atomic mass is 9.83. The molecule has 28 heavy (non-hydrogen) atoms. The molecule has 0 aromatic heterocycles. The highest BCUT2D eigenvalue weighted by atomic mass is 16.2. The standard InChI is InChI=1S/C20H22N4O4/c25-17-6-5-16(18(26)22-17)24-19(27)12-2-1-11(9-13(12)20(24)28)10-23-8-7-21-14-3-4-15(14)23/h1-2,9,14-16,21H,3-8,10H2,(H,22,25,26)/t14-,15+,16?/m0/s1. The molecule has 5 rings (SSSR count). The summed E-state index contributed by atoms with van der Waals surface area (Å²) in [5.74, 6) is -1.85. The van der Waals surface area contributed by atoms with Crippen molar-refractivity contribution in [1.29, 1.82) is 0 Å². The maximum absolute atomic E-state index is 12.9. The highest BCUT2D eigenvalue weighted by Crippen LogP contribution is 2.31. The SMILES string of the molecule is O=C1CCC(N2C(=O)c3ccc(CN4CCN[C@H]5CC[C@H]54)cc3C2=O)C(=O)N1. The maximum Gasteiger partial charge on any atom is 0.262 e. The summed E-state index contributed by atoms with van der Waals surface area (Å²) in [4.78, 5) is 52.7. The summed E-state index contributed by atoms with van der Waals surface area (Å²) < 4.78 is 0. The van der Waals surface area contributed by atoms with Crippen LogP contribution < -0.4 is 10.6 Å². The zero-order valence-electron chi connectivity index (χ0n) is 15.4. The van der Waals surface area contributed by atoms with Gasteiger partial charge in [0.05, 0.1) is 11.1 Å². The van der Waals surface area contributed by atoms with Gasteiger partial charge in [-0.1, -0.05) is 6.07 Å². The number of piperidine rings is 1. The van der Waals surface area contributed by atoms with Crippen LogP contribution >= 0.6 is 0 Å². The van der Waals surface area contributed by atoms with E-state index < -0.39 is 23.8 Å². The zero-order valence-corrected chi connectivity index (χ0v) is 15.4. The van der Waals surface area contributed by atoms with Gasteiger partial charge in [0.1, 0.15) is 6.04 Å². The van der Waals surface area contributed by atoms with Crippen LogP contribution in [0.25, 0.3) is 0 Å². The number of nitrogens with zero attached hydrogens (tertiary/aromatic N) is 2. The quantitative estimate of drug-likeness (QED) is 0.716. The number of nitrogens with one attached hydrogen (secondary N) is 2. The number of rotatable bonds is 3. The van der Waals surface area contributed by atoms with E-state index in [1.807, 2.05) is 6.07 Å². The summed E-state index contributed by atoms with van der Waals surface area (Å²) in [6.07, 6.45) is 2.69. The number of hydrogen-bond acceptors (Lipinski definition) is 6. The monoisotopic (exact) mass is 382 g/mol. The number of fused-ring (bicyclic) bond motifs is 2. The maximum atomic E-state index is 12.9. The molecule has 1 aromatic rings. The van der Waals surface area contributed by atoms with Crippen LogP contribution in [0, 0.1) is 0 Å². The molecule has 1 aromatic carbocycles. The van der Waals surface area contributed by atoms with Crippen molar-refractivity contribution in [3.8, 4) is 0 Å². The number of hydrogen-bond donors (Lipinski definition) is 2. The molecule has 3 fully saturated rings. The zero-order chi connectivity index (χ0) is 19.4. The first-order valence-corrected chi connectivity index (χ1v) is 9.85. The molecule has 4 amide bonds. The molecule has 8 nitrogen and oxygen atoms in total. The van der Waals surface area contributed by atoms with E-state index in [9.17, 15) is 19.2 Å². The Morgan fingerprint density at radius 2 is 1.82 bits per heavy atom. The fourth-order valence-corrected chi connectivity index (χ4v) is 4.76. The predicted molar refractivity (Wildman–Crippen MR) is 98.3 cm³/mol. The first kappa shape index (κ1) is 17.5. The van der Waals surface area contributed by atoms with Crippen LogP contribution in [-0.4, -0.2) is 64.6 Å². The second-order valence-corrected chi connectivity index (χ2v) is 8.00. The number of piperazine rings is 1. The minimum atomic E-state index is -0.919. The van der Waals surface area contributed by atoms with Crippen LogP contribution in [0.5, 0.6) is 0 Å². The summed E-state index contributed by atoms with van der Waals surface area (Å²) in [7, 11) is 0. The molecule has 1 saturated carbocycles. The Kier molecular flexibility index (Phi) is 4.06. The lowest BCUT2D eigenvalue weighted by Crippen LogP contribution is -2.62. The molecule has 0 bridgehead atoms. The summed E-state index contributed by atoms with van der Waals surface area (Å²) in [6, 6.07) is 5.56. The van der Waals surface area contributed by atoms with E-state index in [2.05, 4.69) is 15.5 Å². The molecule has 146 valence electrons. The summed E-state index contributed by atoms with van der Waals surface area (Å²) in [5.41, 5.74) is 1.69. The number of imide groups is 2. The minimum absolute atomic E-state index is 0.126. The highest BCUT2D eigenvalue weighted by molar-refractivity contribution is 6.23. The van der Waals surface area contributed by atoms with Crippen LogP contribution in [0.1, 0.15) is 52.0 Å². The van der Waals surface area contributed by atoms with Crippen molar-refractivity contribution in [3.63, 3.8) is 0 Å². The summed E-state index contributed by atoms with van der Waals surface area (Å²) >= 11 is 0. The second kappa shape index (κ2) is 6.49. The van der Waals surface area contributed by atoms with Crippen LogP contribution in [0.3, 0.4) is 0 Å². The lowest BCUT2D eigenvalue weighted by molar-refractivity contribution is -0.136. The molecule has 0 spiro atoms. The Hall–Kier alpha value is -2.58. The average Bonchev–Trinajstić information content (AvgIpc) is 2.88. The smallest absolute Gasteiger partial charge is 0.262 e. The second-order valence-electron chi connectivity index (χ2n) is 8.00. The first-order chi connectivity index (χ1) is 13.5. The third-order valence-corrected chi connectivity index (χ3v) is 6.40.